The quantitative estimate of drug-likeness (QED) is 0.295. The first-order valence-corrected chi connectivity index (χ1v) is 9.87. The second kappa shape index (κ2) is 7.52. The molecule has 0 aliphatic carbocycles. The maximum absolute atomic E-state index is 13.2. The Morgan fingerprint density at radius 1 is 1.03 bits per heavy atom. The molecule has 0 spiro atoms. The van der Waals surface area contributed by atoms with Crippen LogP contribution in [0, 0.1) is 11.3 Å². The van der Waals surface area contributed by atoms with Crippen LogP contribution in [0.25, 0.3) is 16.7 Å². The molecule has 0 saturated carbocycles. The normalized spacial score (nSPS) is 17.6. The van der Waals surface area contributed by atoms with Crippen molar-refractivity contribution in [2.45, 2.75) is 6.04 Å². The van der Waals surface area contributed by atoms with Crippen LogP contribution in [0.1, 0.15) is 22.7 Å². The number of aliphatic hydroxyl groups is 1. The minimum Gasteiger partial charge on any atom is -0.507 e. The van der Waals surface area contributed by atoms with Crippen LogP contribution in [0.15, 0.2) is 84.8 Å². The zero-order chi connectivity index (χ0) is 22.2. The van der Waals surface area contributed by atoms with E-state index in [0.29, 0.717) is 22.4 Å². The number of rotatable bonds is 3. The highest BCUT2D eigenvalue weighted by Crippen LogP contribution is 2.42. The van der Waals surface area contributed by atoms with Crippen LogP contribution in [-0.4, -0.2) is 26.8 Å². The number of nitriles is 1. The molecule has 154 valence electrons. The Morgan fingerprint density at radius 2 is 1.75 bits per heavy atom. The van der Waals surface area contributed by atoms with Crippen molar-refractivity contribution in [2.24, 2.45) is 0 Å². The lowest BCUT2D eigenvalue weighted by atomic mass is 9.95. The lowest BCUT2D eigenvalue weighted by Gasteiger charge is -2.25. The van der Waals surface area contributed by atoms with Gasteiger partial charge in [-0.25, -0.2) is 0 Å². The predicted octanol–water partition coefficient (Wildman–Crippen LogP) is 4.06. The first-order chi connectivity index (χ1) is 15.6. The number of pyridine rings is 1. The van der Waals surface area contributed by atoms with Crippen LogP contribution in [-0.2, 0) is 9.59 Å². The Hall–Kier alpha value is -4.70. The minimum absolute atomic E-state index is 0.00434. The van der Waals surface area contributed by atoms with Crippen LogP contribution >= 0.6 is 0 Å². The number of nitrogens with zero attached hydrogens (tertiary/aromatic N) is 3. The molecule has 2 aromatic carbocycles. The Balaban J connectivity index is 1.74. The van der Waals surface area contributed by atoms with E-state index in [4.69, 9.17) is 5.26 Å². The highest BCUT2D eigenvalue weighted by atomic mass is 16.3. The maximum Gasteiger partial charge on any atom is 0.300 e. The number of carbonyl (C=O) groups is 2. The van der Waals surface area contributed by atoms with Crippen molar-refractivity contribution in [3.05, 3.63) is 102 Å². The van der Waals surface area contributed by atoms with Gasteiger partial charge in [0.25, 0.3) is 11.7 Å². The summed E-state index contributed by atoms with van der Waals surface area (Å²) in [6, 6.07) is 18.4. The van der Waals surface area contributed by atoms with Crippen molar-refractivity contribution in [1.29, 1.82) is 5.26 Å². The first kappa shape index (κ1) is 19.3. The number of amides is 1. The highest BCUT2D eigenvalue weighted by Gasteiger charge is 2.47. The summed E-state index contributed by atoms with van der Waals surface area (Å²) in [5.41, 5.74) is 2.75. The molecule has 2 N–H and O–H groups in total. The molecule has 0 radical (unpaired) electrons. The maximum atomic E-state index is 13.2. The SMILES string of the molecule is N#Cc1ccc(N2C(=O)C(=O)/C(=C(\O)c3c[nH]c4ccccc34)C2c2ccncc2)cc1. The van der Waals surface area contributed by atoms with E-state index in [2.05, 4.69) is 9.97 Å². The molecule has 4 aromatic rings. The fraction of sp³-hybridized carbons (Fsp3) is 0.0400. The summed E-state index contributed by atoms with van der Waals surface area (Å²) in [5, 5.41) is 21.1. The second-order valence-corrected chi connectivity index (χ2v) is 7.36. The van der Waals surface area contributed by atoms with Crippen molar-refractivity contribution >= 4 is 34.0 Å². The van der Waals surface area contributed by atoms with E-state index < -0.39 is 17.7 Å². The molecule has 2 aromatic heterocycles. The molecule has 1 atom stereocenters. The molecule has 1 aliphatic rings. The fourth-order valence-corrected chi connectivity index (χ4v) is 4.07. The molecule has 5 rings (SSSR count). The van der Waals surface area contributed by atoms with Gasteiger partial charge < -0.3 is 10.1 Å². The minimum atomic E-state index is -0.848. The summed E-state index contributed by atoms with van der Waals surface area (Å²) < 4.78 is 0. The average molecular weight is 420 g/mol. The lowest BCUT2D eigenvalue weighted by Crippen LogP contribution is -2.29. The molecule has 7 nitrogen and oxygen atoms in total. The van der Waals surface area contributed by atoms with Gasteiger partial charge in [0.1, 0.15) is 5.76 Å². The number of aromatic amines is 1. The average Bonchev–Trinajstić information content (AvgIpc) is 3.38. The summed E-state index contributed by atoms with van der Waals surface area (Å²) in [5.74, 6) is -1.78. The number of ketones is 1. The number of para-hydroxylation sites is 1. The largest absolute Gasteiger partial charge is 0.507 e. The van der Waals surface area contributed by atoms with Crippen LogP contribution in [0.5, 0.6) is 0 Å². The van der Waals surface area contributed by atoms with Gasteiger partial charge >= 0.3 is 0 Å². The molecular weight excluding hydrogens is 404 g/mol. The molecule has 3 heterocycles. The Kier molecular flexibility index (Phi) is 4.53. The topological polar surface area (TPSA) is 110 Å². The van der Waals surface area contributed by atoms with Crippen molar-refractivity contribution in [2.75, 3.05) is 4.90 Å². The van der Waals surface area contributed by atoms with E-state index in [0.717, 1.165) is 10.9 Å². The number of fused-ring (bicyclic) bond motifs is 1. The van der Waals surface area contributed by atoms with Gasteiger partial charge in [-0.2, -0.15) is 5.26 Å². The first-order valence-electron chi connectivity index (χ1n) is 9.87. The molecule has 1 amide bonds. The third-order valence-corrected chi connectivity index (χ3v) is 5.59. The number of aliphatic hydroxyl groups excluding tert-OH is 1. The number of nitrogens with one attached hydrogen (secondary N) is 1. The number of hydrogen-bond acceptors (Lipinski definition) is 5. The van der Waals surface area contributed by atoms with Crippen LogP contribution in [0.2, 0.25) is 0 Å². The van der Waals surface area contributed by atoms with Crippen molar-refractivity contribution in [1.82, 2.24) is 9.97 Å². The molecule has 1 saturated heterocycles. The van der Waals surface area contributed by atoms with Crippen LogP contribution < -0.4 is 4.90 Å². The van der Waals surface area contributed by atoms with Crippen molar-refractivity contribution in [3.8, 4) is 6.07 Å². The number of benzene rings is 2. The van der Waals surface area contributed by atoms with Gasteiger partial charge in [-0.1, -0.05) is 18.2 Å². The standard InChI is InChI=1S/C25H16N4O3/c26-13-15-5-7-17(8-6-15)29-22(16-9-11-27-12-10-16)21(24(31)25(29)32)23(30)19-14-28-20-4-2-1-3-18(19)20/h1-12,14,22,28,30H/b23-21-. The number of H-pyrrole nitrogens is 1. The van der Waals surface area contributed by atoms with E-state index in [1.165, 1.54) is 4.90 Å². The Bertz CT molecular complexity index is 1430. The Morgan fingerprint density at radius 3 is 2.47 bits per heavy atom. The monoisotopic (exact) mass is 420 g/mol. The third-order valence-electron chi connectivity index (χ3n) is 5.59. The van der Waals surface area contributed by atoms with Gasteiger partial charge in [-0.05, 0) is 48.0 Å². The van der Waals surface area contributed by atoms with E-state index in [9.17, 15) is 14.7 Å². The zero-order valence-corrected chi connectivity index (χ0v) is 16.7. The van der Waals surface area contributed by atoms with E-state index in [1.54, 1.807) is 55.0 Å². The number of hydrogen-bond donors (Lipinski definition) is 2. The zero-order valence-electron chi connectivity index (χ0n) is 16.7. The molecule has 1 unspecified atom stereocenters. The molecule has 7 heteroatoms. The van der Waals surface area contributed by atoms with E-state index in [1.807, 2.05) is 30.3 Å². The summed E-state index contributed by atoms with van der Waals surface area (Å²) in [7, 11) is 0. The highest BCUT2D eigenvalue weighted by molar-refractivity contribution is 6.51. The summed E-state index contributed by atoms with van der Waals surface area (Å²) in [4.78, 5) is 34.8. The predicted molar refractivity (Wildman–Crippen MR) is 118 cm³/mol. The fourth-order valence-electron chi connectivity index (χ4n) is 4.07. The number of aromatic nitrogens is 2. The van der Waals surface area contributed by atoms with Gasteiger partial charge in [-0.3, -0.25) is 19.5 Å². The summed E-state index contributed by atoms with van der Waals surface area (Å²) in [6.07, 6.45) is 4.76. The van der Waals surface area contributed by atoms with Gasteiger partial charge in [0.2, 0.25) is 0 Å². The molecule has 1 aliphatic heterocycles. The number of Topliss-reactive ketones (excluding diaryl/α,β-unsaturated/α-hetero) is 1. The molecular formula is C25H16N4O3. The van der Waals surface area contributed by atoms with Crippen LogP contribution in [0.3, 0.4) is 0 Å². The smallest absolute Gasteiger partial charge is 0.300 e. The summed E-state index contributed by atoms with van der Waals surface area (Å²) >= 11 is 0. The lowest BCUT2D eigenvalue weighted by molar-refractivity contribution is -0.132. The Labute approximate surface area is 182 Å². The number of carbonyl (C=O) groups excluding carboxylic acids is 2. The number of anilines is 1. The van der Waals surface area contributed by atoms with Gasteiger partial charge in [0.05, 0.1) is 23.2 Å². The van der Waals surface area contributed by atoms with E-state index in [-0.39, 0.29) is 11.3 Å². The van der Waals surface area contributed by atoms with Gasteiger partial charge in [0.15, 0.2) is 0 Å². The summed E-state index contributed by atoms with van der Waals surface area (Å²) in [6.45, 7) is 0. The third kappa shape index (κ3) is 2.94. The van der Waals surface area contributed by atoms with Gasteiger partial charge in [-0.15, -0.1) is 0 Å². The molecule has 32 heavy (non-hydrogen) atoms. The van der Waals surface area contributed by atoms with Crippen molar-refractivity contribution in [3.63, 3.8) is 0 Å². The molecule has 0 bridgehead atoms. The van der Waals surface area contributed by atoms with Gasteiger partial charge in [0, 0.05) is 40.7 Å². The van der Waals surface area contributed by atoms with Crippen molar-refractivity contribution < 1.29 is 14.7 Å². The van der Waals surface area contributed by atoms with E-state index >= 15 is 0 Å². The van der Waals surface area contributed by atoms with Crippen LogP contribution in [0.4, 0.5) is 5.69 Å². The molecule has 1 fully saturated rings. The second-order valence-electron chi connectivity index (χ2n) is 7.36.